The van der Waals surface area contributed by atoms with Gasteiger partial charge in [-0.3, -0.25) is 0 Å². The second-order valence-corrected chi connectivity index (χ2v) is 4.37. The summed E-state index contributed by atoms with van der Waals surface area (Å²) < 4.78 is 5.25. The average molecular weight is 205 g/mol. The van der Waals surface area contributed by atoms with Gasteiger partial charge in [-0.15, -0.1) is 0 Å². The molecule has 0 heterocycles. The van der Waals surface area contributed by atoms with Crippen LogP contribution >= 0.6 is 0 Å². The third-order valence-corrected chi connectivity index (χ3v) is 3.26. The van der Waals surface area contributed by atoms with Gasteiger partial charge in [0.25, 0.3) is 0 Å². The summed E-state index contributed by atoms with van der Waals surface area (Å²) in [5.74, 6) is 1.58. The lowest BCUT2D eigenvalue weighted by Gasteiger charge is -2.22. The van der Waals surface area contributed by atoms with Crippen molar-refractivity contribution in [1.29, 1.82) is 0 Å². The van der Waals surface area contributed by atoms with E-state index in [4.69, 9.17) is 10.5 Å². The van der Waals surface area contributed by atoms with Crippen LogP contribution in [0.5, 0.6) is 5.75 Å². The minimum atomic E-state index is 0.691. The number of rotatable bonds is 2. The summed E-state index contributed by atoms with van der Waals surface area (Å²) in [5, 5.41) is 0. The molecule has 0 unspecified atom stereocenters. The molecule has 0 atom stereocenters. The SMILES string of the molecule is COc1cc(N)cc(C2CCCCC2)c1. The first-order chi connectivity index (χ1) is 7.29. The molecule has 1 aliphatic carbocycles. The van der Waals surface area contributed by atoms with E-state index in [9.17, 15) is 0 Å². The lowest BCUT2D eigenvalue weighted by Crippen LogP contribution is -2.05. The van der Waals surface area contributed by atoms with Gasteiger partial charge in [0.05, 0.1) is 7.11 Å². The summed E-state index contributed by atoms with van der Waals surface area (Å²) in [6.45, 7) is 0. The molecular formula is C13H19NO. The molecule has 0 amide bonds. The second kappa shape index (κ2) is 4.56. The Bertz CT molecular complexity index is 329. The molecule has 0 bridgehead atoms. The van der Waals surface area contributed by atoms with Gasteiger partial charge < -0.3 is 10.5 Å². The Morgan fingerprint density at radius 1 is 1.13 bits per heavy atom. The van der Waals surface area contributed by atoms with Gasteiger partial charge in [-0.1, -0.05) is 19.3 Å². The molecular weight excluding hydrogens is 186 g/mol. The van der Waals surface area contributed by atoms with Gasteiger partial charge in [-0.2, -0.15) is 0 Å². The highest BCUT2D eigenvalue weighted by molar-refractivity contribution is 5.48. The lowest BCUT2D eigenvalue weighted by atomic mass is 9.84. The Labute approximate surface area is 91.4 Å². The Hall–Kier alpha value is -1.18. The zero-order chi connectivity index (χ0) is 10.7. The van der Waals surface area contributed by atoms with E-state index in [1.54, 1.807) is 7.11 Å². The smallest absolute Gasteiger partial charge is 0.121 e. The van der Waals surface area contributed by atoms with E-state index in [2.05, 4.69) is 12.1 Å². The van der Waals surface area contributed by atoms with Gasteiger partial charge in [0, 0.05) is 11.8 Å². The fourth-order valence-corrected chi connectivity index (χ4v) is 2.44. The largest absolute Gasteiger partial charge is 0.497 e. The third-order valence-electron chi connectivity index (χ3n) is 3.26. The maximum Gasteiger partial charge on any atom is 0.121 e. The van der Waals surface area contributed by atoms with Crippen LogP contribution in [0.1, 0.15) is 43.6 Å². The van der Waals surface area contributed by atoms with Crippen molar-refractivity contribution in [3.8, 4) is 5.75 Å². The average Bonchev–Trinajstić information content (AvgIpc) is 2.29. The molecule has 1 fully saturated rings. The quantitative estimate of drug-likeness (QED) is 0.752. The van der Waals surface area contributed by atoms with Crippen LogP contribution in [-0.4, -0.2) is 7.11 Å². The van der Waals surface area contributed by atoms with Crippen molar-refractivity contribution in [2.24, 2.45) is 0 Å². The zero-order valence-corrected chi connectivity index (χ0v) is 9.33. The summed E-state index contributed by atoms with van der Waals surface area (Å²) in [4.78, 5) is 0. The Kier molecular flexibility index (Phi) is 3.14. The molecule has 1 aromatic rings. The topological polar surface area (TPSA) is 35.2 Å². The number of hydrogen-bond donors (Lipinski definition) is 1. The highest BCUT2D eigenvalue weighted by atomic mass is 16.5. The highest BCUT2D eigenvalue weighted by Crippen LogP contribution is 2.35. The molecule has 0 aromatic heterocycles. The number of ether oxygens (including phenoxy) is 1. The normalized spacial score (nSPS) is 17.7. The van der Waals surface area contributed by atoms with E-state index in [1.807, 2.05) is 6.07 Å². The van der Waals surface area contributed by atoms with Crippen LogP contribution in [0.2, 0.25) is 0 Å². The van der Waals surface area contributed by atoms with Crippen LogP contribution in [0.25, 0.3) is 0 Å². The number of nitrogens with two attached hydrogens (primary N) is 1. The van der Waals surface area contributed by atoms with Crippen molar-refractivity contribution in [3.63, 3.8) is 0 Å². The maximum absolute atomic E-state index is 5.86. The van der Waals surface area contributed by atoms with E-state index in [1.165, 1.54) is 37.7 Å². The van der Waals surface area contributed by atoms with E-state index in [-0.39, 0.29) is 0 Å². The molecule has 2 nitrogen and oxygen atoms in total. The second-order valence-electron chi connectivity index (χ2n) is 4.37. The molecule has 0 aliphatic heterocycles. The van der Waals surface area contributed by atoms with Crippen LogP contribution in [-0.2, 0) is 0 Å². The van der Waals surface area contributed by atoms with Gasteiger partial charge in [-0.05, 0) is 36.5 Å². The number of anilines is 1. The van der Waals surface area contributed by atoms with Crippen molar-refractivity contribution in [2.45, 2.75) is 38.0 Å². The number of nitrogen functional groups attached to an aromatic ring is 1. The summed E-state index contributed by atoms with van der Waals surface area (Å²) in [7, 11) is 1.69. The minimum absolute atomic E-state index is 0.691. The van der Waals surface area contributed by atoms with E-state index in [0.717, 1.165) is 11.4 Å². The first-order valence-corrected chi connectivity index (χ1v) is 5.74. The predicted octanol–water partition coefficient (Wildman–Crippen LogP) is 3.33. The molecule has 2 heteroatoms. The Morgan fingerprint density at radius 3 is 2.53 bits per heavy atom. The van der Waals surface area contributed by atoms with Crippen LogP contribution < -0.4 is 10.5 Å². The lowest BCUT2D eigenvalue weighted by molar-refractivity contribution is 0.410. The molecule has 0 saturated heterocycles. The van der Waals surface area contributed by atoms with Crippen LogP contribution in [0.3, 0.4) is 0 Å². The highest BCUT2D eigenvalue weighted by Gasteiger charge is 2.16. The van der Waals surface area contributed by atoms with Crippen molar-refractivity contribution >= 4 is 5.69 Å². The van der Waals surface area contributed by atoms with Crippen LogP contribution in [0.4, 0.5) is 5.69 Å². The third kappa shape index (κ3) is 2.44. The van der Waals surface area contributed by atoms with Crippen molar-refractivity contribution < 1.29 is 4.74 Å². The van der Waals surface area contributed by atoms with Crippen LogP contribution in [0, 0.1) is 0 Å². The monoisotopic (exact) mass is 205 g/mol. The van der Waals surface area contributed by atoms with Gasteiger partial charge in [-0.25, -0.2) is 0 Å². The van der Waals surface area contributed by atoms with Gasteiger partial charge in [0.2, 0.25) is 0 Å². The molecule has 0 spiro atoms. The van der Waals surface area contributed by atoms with Gasteiger partial charge in [0.15, 0.2) is 0 Å². The molecule has 2 rings (SSSR count). The number of benzene rings is 1. The number of methoxy groups -OCH3 is 1. The first-order valence-electron chi connectivity index (χ1n) is 5.74. The molecule has 0 radical (unpaired) electrons. The van der Waals surface area contributed by atoms with E-state index >= 15 is 0 Å². The molecule has 2 N–H and O–H groups in total. The molecule has 1 saturated carbocycles. The summed E-state index contributed by atoms with van der Waals surface area (Å²) in [6.07, 6.45) is 6.68. The fourth-order valence-electron chi connectivity index (χ4n) is 2.44. The standard InChI is InChI=1S/C13H19NO/c1-15-13-8-11(7-12(14)9-13)10-5-3-2-4-6-10/h7-10H,2-6,14H2,1H3. The maximum atomic E-state index is 5.86. The molecule has 1 aromatic carbocycles. The summed E-state index contributed by atoms with van der Waals surface area (Å²) >= 11 is 0. The molecule has 1 aliphatic rings. The zero-order valence-electron chi connectivity index (χ0n) is 9.33. The van der Waals surface area contributed by atoms with Gasteiger partial charge in [0.1, 0.15) is 5.75 Å². The Balaban J connectivity index is 2.22. The summed E-state index contributed by atoms with van der Waals surface area (Å²) in [6, 6.07) is 6.11. The van der Waals surface area contributed by atoms with Crippen molar-refractivity contribution in [1.82, 2.24) is 0 Å². The van der Waals surface area contributed by atoms with E-state index < -0.39 is 0 Å². The predicted molar refractivity (Wildman–Crippen MR) is 63.2 cm³/mol. The first kappa shape index (κ1) is 10.3. The van der Waals surface area contributed by atoms with Crippen molar-refractivity contribution in [3.05, 3.63) is 23.8 Å². The minimum Gasteiger partial charge on any atom is -0.497 e. The number of hydrogen-bond acceptors (Lipinski definition) is 2. The van der Waals surface area contributed by atoms with Crippen LogP contribution in [0.15, 0.2) is 18.2 Å². The van der Waals surface area contributed by atoms with E-state index in [0.29, 0.717) is 5.92 Å². The fraction of sp³-hybridized carbons (Fsp3) is 0.538. The molecule has 82 valence electrons. The van der Waals surface area contributed by atoms with Crippen molar-refractivity contribution in [2.75, 3.05) is 12.8 Å². The van der Waals surface area contributed by atoms with Gasteiger partial charge >= 0.3 is 0 Å². The Morgan fingerprint density at radius 2 is 1.87 bits per heavy atom. The molecule has 15 heavy (non-hydrogen) atoms. The summed E-state index contributed by atoms with van der Waals surface area (Å²) in [5.41, 5.74) is 8.03.